The molecule has 0 amide bonds. The second kappa shape index (κ2) is 2.43. The van der Waals surface area contributed by atoms with Gasteiger partial charge in [0, 0.05) is 6.20 Å². The first-order valence-electron chi connectivity index (χ1n) is 3.13. The summed E-state index contributed by atoms with van der Waals surface area (Å²) < 4.78 is 0.978. The van der Waals surface area contributed by atoms with Crippen molar-refractivity contribution < 1.29 is 0 Å². The zero-order valence-corrected chi connectivity index (χ0v) is 7.41. The third-order valence-electron chi connectivity index (χ3n) is 1.50. The smallest absolute Gasteiger partial charge is 0.148 e. The molecular weight excluding hydrogens is 180 g/mol. The van der Waals surface area contributed by atoms with Gasteiger partial charge in [-0.15, -0.1) is 11.3 Å². The summed E-state index contributed by atoms with van der Waals surface area (Å²) >= 11 is 7.35. The number of aryl methyl sites for hydroxylation is 1. The van der Waals surface area contributed by atoms with Crippen molar-refractivity contribution in [1.29, 1.82) is 0 Å². The first kappa shape index (κ1) is 7.00. The number of nitrogens with zero attached hydrogens (tertiary/aromatic N) is 2. The van der Waals surface area contributed by atoms with E-state index in [1.807, 2.05) is 6.92 Å². The molecule has 2 heterocycles. The number of rotatable bonds is 0. The minimum atomic E-state index is 0.549. The van der Waals surface area contributed by atoms with Crippen molar-refractivity contribution in [2.45, 2.75) is 6.92 Å². The maximum Gasteiger partial charge on any atom is 0.148 e. The topological polar surface area (TPSA) is 25.8 Å². The van der Waals surface area contributed by atoms with E-state index in [-0.39, 0.29) is 0 Å². The van der Waals surface area contributed by atoms with Crippen LogP contribution in [0.4, 0.5) is 0 Å². The summed E-state index contributed by atoms with van der Waals surface area (Å²) in [5.74, 6) is 0. The zero-order chi connectivity index (χ0) is 7.84. The molecule has 0 aliphatic rings. The van der Waals surface area contributed by atoms with E-state index >= 15 is 0 Å². The van der Waals surface area contributed by atoms with Gasteiger partial charge in [0.1, 0.15) is 5.15 Å². The zero-order valence-electron chi connectivity index (χ0n) is 5.84. The molecule has 0 unspecified atom stereocenters. The third kappa shape index (κ3) is 1.01. The van der Waals surface area contributed by atoms with E-state index in [2.05, 4.69) is 9.97 Å². The lowest BCUT2D eigenvalue weighted by Crippen LogP contribution is -1.80. The number of fused-ring (bicyclic) bond motifs is 1. The van der Waals surface area contributed by atoms with E-state index in [9.17, 15) is 0 Å². The Morgan fingerprint density at radius 2 is 2.27 bits per heavy atom. The normalized spacial score (nSPS) is 10.7. The summed E-state index contributed by atoms with van der Waals surface area (Å²) in [4.78, 5) is 8.19. The van der Waals surface area contributed by atoms with E-state index in [1.54, 1.807) is 11.7 Å². The molecule has 4 heteroatoms. The molecule has 0 radical (unpaired) electrons. The fraction of sp³-hybridized carbons (Fsp3) is 0.143. The van der Waals surface area contributed by atoms with Crippen LogP contribution in [0.2, 0.25) is 5.15 Å². The van der Waals surface area contributed by atoms with Gasteiger partial charge in [0.15, 0.2) is 0 Å². The van der Waals surface area contributed by atoms with Gasteiger partial charge in [-0.25, -0.2) is 9.97 Å². The molecule has 2 rings (SSSR count). The summed E-state index contributed by atoms with van der Waals surface area (Å²) in [5.41, 5.74) is 3.83. The highest BCUT2D eigenvalue weighted by Gasteiger charge is 2.04. The fourth-order valence-electron chi connectivity index (χ4n) is 0.947. The van der Waals surface area contributed by atoms with Gasteiger partial charge < -0.3 is 0 Å². The van der Waals surface area contributed by atoms with Crippen molar-refractivity contribution in [2.75, 3.05) is 0 Å². The molecule has 2 nitrogen and oxygen atoms in total. The first-order chi connectivity index (χ1) is 5.29. The molecule has 0 aromatic carbocycles. The Hall–Kier alpha value is -0.670. The molecule has 0 N–H and O–H groups in total. The van der Waals surface area contributed by atoms with E-state index < -0.39 is 0 Å². The fourth-order valence-corrected chi connectivity index (χ4v) is 1.96. The van der Waals surface area contributed by atoms with Gasteiger partial charge in [-0.2, -0.15) is 0 Å². The highest BCUT2D eigenvalue weighted by molar-refractivity contribution is 7.17. The lowest BCUT2D eigenvalue weighted by molar-refractivity contribution is 1.29. The Bertz CT molecular complexity index is 360. The van der Waals surface area contributed by atoms with Crippen molar-refractivity contribution in [3.63, 3.8) is 0 Å². The van der Waals surface area contributed by atoms with Gasteiger partial charge in [0.2, 0.25) is 0 Å². The molecule has 2 aromatic heterocycles. The van der Waals surface area contributed by atoms with Crippen LogP contribution < -0.4 is 0 Å². The number of hydrogen-bond donors (Lipinski definition) is 0. The van der Waals surface area contributed by atoms with Gasteiger partial charge >= 0.3 is 0 Å². The van der Waals surface area contributed by atoms with Crippen LogP contribution in [-0.4, -0.2) is 9.97 Å². The molecular formula is C7H5ClN2S. The Balaban J connectivity index is 2.96. The van der Waals surface area contributed by atoms with Gasteiger partial charge in [0.25, 0.3) is 0 Å². The van der Waals surface area contributed by atoms with E-state index in [0.717, 1.165) is 15.8 Å². The number of aromatic nitrogens is 2. The van der Waals surface area contributed by atoms with Crippen molar-refractivity contribution in [2.24, 2.45) is 0 Å². The van der Waals surface area contributed by atoms with Crippen LogP contribution >= 0.6 is 22.9 Å². The lowest BCUT2D eigenvalue weighted by atomic mass is 10.3. The average Bonchev–Trinajstić information content (AvgIpc) is 2.45. The summed E-state index contributed by atoms with van der Waals surface area (Å²) in [5, 5.41) is 0.549. The van der Waals surface area contributed by atoms with E-state index in [1.165, 1.54) is 11.3 Å². The van der Waals surface area contributed by atoms with E-state index in [0.29, 0.717) is 5.15 Å². The highest BCUT2D eigenvalue weighted by atomic mass is 35.5. The lowest BCUT2D eigenvalue weighted by Gasteiger charge is -1.93. The third-order valence-corrected chi connectivity index (χ3v) is 2.73. The monoisotopic (exact) mass is 184 g/mol. The Labute approximate surface area is 72.9 Å². The van der Waals surface area contributed by atoms with Gasteiger partial charge in [0.05, 0.1) is 15.7 Å². The van der Waals surface area contributed by atoms with Crippen LogP contribution in [0, 0.1) is 6.92 Å². The summed E-state index contributed by atoms with van der Waals surface area (Å²) in [6.45, 7) is 1.98. The highest BCUT2D eigenvalue weighted by Crippen LogP contribution is 2.26. The van der Waals surface area contributed by atoms with Crippen molar-refractivity contribution in [3.05, 3.63) is 22.4 Å². The largest absolute Gasteiger partial charge is 0.244 e. The molecule has 0 aliphatic heterocycles. The maximum absolute atomic E-state index is 5.83. The SMILES string of the molecule is Cc1cnc(Cl)c2scnc12. The van der Waals surface area contributed by atoms with Crippen LogP contribution in [0.3, 0.4) is 0 Å². The minimum absolute atomic E-state index is 0.549. The Kier molecular flexibility index (Phi) is 1.55. The summed E-state index contributed by atoms with van der Waals surface area (Å²) in [7, 11) is 0. The molecule has 56 valence electrons. The molecule has 0 aliphatic carbocycles. The summed E-state index contributed by atoms with van der Waals surface area (Å²) in [6.07, 6.45) is 1.74. The van der Waals surface area contributed by atoms with Crippen molar-refractivity contribution in [3.8, 4) is 0 Å². The molecule has 0 atom stereocenters. The number of halogens is 1. The van der Waals surface area contributed by atoms with Crippen LogP contribution in [-0.2, 0) is 0 Å². The predicted molar refractivity (Wildman–Crippen MR) is 47.2 cm³/mol. The van der Waals surface area contributed by atoms with Crippen LogP contribution in [0.1, 0.15) is 5.56 Å². The number of hydrogen-bond acceptors (Lipinski definition) is 3. The average molecular weight is 185 g/mol. The quantitative estimate of drug-likeness (QED) is 0.589. The molecule has 0 bridgehead atoms. The first-order valence-corrected chi connectivity index (χ1v) is 4.39. The van der Waals surface area contributed by atoms with Gasteiger partial charge in [-0.05, 0) is 12.5 Å². The molecule has 0 saturated carbocycles. The standard InChI is InChI=1S/C7H5ClN2S/c1-4-2-9-7(8)6-5(4)10-3-11-6/h2-3H,1H3. The van der Waals surface area contributed by atoms with Crippen molar-refractivity contribution in [1.82, 2.24) is 9.97 Å². The molecule has 0 fully saturated rings. The second-order valence-corrected chi connectivity index (χ2v) is 3.47. The number of pyridine rings is 1. The summed E-state index contributed by atoms with van der Waals surface area (Å²) in [6, 6.07) is 0. The second-order valence-electron chi connectivity index (χ2n) is 2.26. The minimum Gasteiger partial charge on any atom is -0.244 e. The van der Waals surface area contributed by atoms with Gasteiger partial charge in [-0.3, -0.25) is 0 Å². The van der Waals surface area contributed by atoms with Crippen LogP contribution in [0.5, 0.6) is 0 Å². The predicted octanol–water partition coefficient (Wildman–Crippen LogP) is 2.65. The Morgan fingerprint density at radius 3 is 3.00 bits per heavy atom. The molecule has 11 heavy (non-hydrogen) atoms. The maximum atomic E-state index is 5.83. The van der Waals surface area contributed by atoms with Crippen LogP contribution in [0.15, 0.2) is 11.7 Å². The van der Waals surface area contributed by atoms with E-state index in [4.69, 9.17) is 11.6 Å². The number of thiazole rings is 1. The molecule has 2 aromatic rings. The Morgan fingerprint density at radius 1 is 1.45 bits per heavy atom. The molecule has 0 spiro atoms. The van der Waals surface area contributed by atoms with Crippen molar-refractivity contribution >= 4 is 33.2 Å². The van der Waals surface area contributed by atoms with Gasteiger partial charge in [-0.1, -0.05) is 11.6 Å². The van der Waals surface area contributed by atoms with Crippen LogP contribution in [0.25, 0.3) is 10.2 Å². The molecule has 0 saturated heterocycles.